The molecule has 1 unspecified atom stereocenters. The fourth-order valence-electron chi connectivity index (χ4n) is 1.05. The lowest BCUT2D eigenvalue weighted by Gasteiger charge is -2.06. The van der Waals surface area contributed by atoms with Crippen LogP contribution in [0.2, 0.25) is 0 Å². The molecule has 15 heavy (non-hydrogen) atoms. The Morgan fingerprint density at radius 2 is 2.00 bits per heavy atom. The molecule has 1 aromatic rings. The highest BCUT2D eigenvalue weighted by atomic mass is 35.5. The van der Waals surface area contributed by atoms with E-state index in [9.17, 15) is 14.9 Å². The van der Waals surface area contributed by atoms with Gasteiger partial charge in [0.15, 0.2) is 0 Å². The molecule has 0 heterocycles. The van der Waals surface area contributed by atoms with Crippen molar-refractivity contribution in [2.75, 3.05) is 0 Å². The van der Waals surface area contributed by atoms with Crippen molar-refractivity contribution in [2.24, 2.45) is 5.73 Å². The monoisotopic (exact) mass is 232 g/mol. The average Bonchev–Trinajstić information content (AvgIpc) is 2.16. The third kappa shape index (κ3) is 2.90. The van der Waals surface area contributed by atoms with E-state index in [1.807, 2.05) is 0 Å². The highest BCUT2D eigenvalue weighted by Gasteiger charge is 2.23. The van der Waals surface area contributed by atoms with Gasteiger partial charge >= 0.3 is 5.97 Å². The Labute approximate surface area is 91.3 Å². The molecule has 3 N–H and O–H groups in total. The lowest BCUT2D eigenvalue weighted by molar-refractivity contribution is -0.385. The molecule has 82 valence electrons. The van der Waals surface area contributed by atoms with Gasteiger partial charge in [0, 0.05) is 6.07 Å². The average molecular weight is 233 g/mol. The Kier molecular flexibility index (Phi) is 4.69. The van der Waals surface area contributed by atoms with Crippen LogP contribution in [-0.2, 0) is 4.79 Å². The summed E-state index contributed by atoms with van der Waals surface area (Å²) in [5.41, 5.74) is 5.00. The van der Waals surface area contributed by atoms with Gasteiger partial charge in [0.05, 0.1) is 10.5 Å². The molecular weight excluding hydrogens is 224 g/mol. The second-order valence-corrected chi connectivity index (χ2v) is 2.63. The van der Waals surface area contributed by atoms with E-state index in [1.54, 1.807) is 0 Å². The summed E-state index contributed by atoms with van der Waals surface area (Å²) in [7, 11) is 0. The van der Waals surface area contributed by atoms with Crippen LogP contribution in [-0.4, -0.2) is 16.0 Å². The zero-order chi connectivity index (χ0) is 10.7. The van der Waals surface area contributed by atoms with Crippen LogP contribution < -0.4 is 5.73 Å². The predicted molar refractivity (Wildman–Crippen MR) is 54.9 cm³/mol. The van der Waals surface area contributed by atoms with Gasteiger partial charge in [0.2, 0.25) is 0 Å². The lowest BCUT2D eigenvalue weighted by Crippen LogP contribution is -2.21. The molecule has 0 aliphatic rings. The normalized spacial score (nSPS) is 11.3. The number of halogens is 1. The molecule has 1 aromatic carbocycles. The van der Waals surface area contributed by atoms with E-state index in [0.717, 1.165) is 0 Å². The van der Waals surface area contributed by atoms with Gasteiger partial charge < -0.3 is 10.8 Å². The predicted octanol–water partition coefficient (Wildman–Crippen LogP) is 1.10. The number of rotatable bonds is 3. The van der Waals surface area contributed by atoms with Crippen LogP contribution in [0.15, 0.2) is 24.3 Å². The van der Waals surface area contributed by atoms with Crippen molar-refractivity contribution in [3.05, 3.63) is 39.9 Å². The Bertz CT molecular complexity index is 383. The molecule has 0 amide bonds. The van der Waals surface area contributed by atoms with Gasteiger partial charge in [-0.2, -0.15) is 0 Å². The molecule has 1 atom stereocenters. The molecule has 7 heteroatoms. The molecule has 0 saturated heterocycles. The van der Waals surface area contributed by atoms with Crippen LogP contribution in [0.4, 0.5) is 5.69 Å². The van der Waals surface area contributed by atoms with E-state index >= 15 is 0 Å². The van der Waals surface area contributed by atoms with Gasteiger partial charge in [-0.15, -0.1) is 12.4 Å². The second-order valence-electron chi connectivity index (χ2n) is 2.63. The summed E-state index contributed by atoms with van der Waals surface area (Å²) in [5, 5.41) is 19.1. The number of nitrogens with zero attached hydrogens (tertiary/aromatic N) is 1. The van der Waals surface area contributed by atoms with Crippen LogP contribution in [0.3, 0.4) is 0 Å². The smallest absolute Gasteiger partial charge is 0.325 e. The number of hydrogen-bond donors (Lipinski definition) is 2. The Morgan fingerprint density at radius 1 is 1.47 bits per heavy atom. The van der Waals surface area contributed by atoms with Crippen molar-refractivity contribution < 1.29 is 14.8 Å². The van der Waals surface area contributed by atoms with Crippen LogP contribution in [0.5, 0.6) is 0 Å². The molecule has 0 aliphatic carbocycles. The molecule has 0 spiro atoms. The van der Waals surface area contributed by atoms with Crippen LogP contribution >= 0.6 is 12.4 Å². The van der Waals surface area contributed by atoms with E-state index in [-0.39, 0.29) is 23.7 Å². The number of nitro groups is 1. The fraction of sp³-hybridized carbons (Fsp3) is 0.125. The first-order valence-corrected chi connectivity index (χ1v) is 3.75. The van der Waals surface area contributed by atoms with Crippen molar-refractivity contribution >= 4 is 24.1 Å². The molecule has 0 bridgehead atoms. The van der Waals surface area contributed by atoms with Crippen LogP contribution in [0, 0.1) is 10.1 Å². The third-order valence-corrected chi connectivity index (χ3v) is 1.73. The van der Waals surface area contributed by atoms with Crippen LogP contribution in [0.25, 0.3) is 0 Å². The Hall–Kier alpha value is -1.66. The number of aliphatic carboxylic acids is 1. The largest absolute Gasteiger partial charge is 0.480 e. The number of nitrogens with two attached hydrogens (primary N) is 1. The molecule has 1 rings (SSSR count). The summed E-state index contributed by atoms with van der Waals surface area (Å²) in [6.45, 7) is 0. The van der Waals surface area contributed by atoms with Gasteiger partial charge in [0.1, 0.15) is 6.04 Å². The molecule has 0 aromatic heterocycles. The zero-order valence-electron chi connectivity index (χ0n) is 7.49. The van der Waals surface area contributed by atoms with Gasteiger partial charge in [-0.1, -0.05) is 12.1 Å². The first-order chi connectivity index (χ1) is 6.54. The van der Waals surface area contributed by atoms with E-state index in [1.165, 1.54) is 24.3 Å². The lowest BCUT2D eigenvalue weighted by atomic mass is 10.1. The number of para-hydroxylation sites is 1. The summed E-state index contributed by atoms with van der Waals surface area (Å²) in [4.78, 5) is 20.4. The molecular formula is C8H9ClN2O4. The van der Waals surface area contributed by atoms with E-state index < -0.39 is 16.9 Å². The maximum atomic E-state index is 10.5. The first-order valence-electron chi connectivity index (χ1n) is 3.75. The standard InChI is InChI=1S/C8H8N2O4.ClH/c9-7(8(11)12)5-3-1-2-4-6(5)10(13)14;/h1-4,7H,9H2,(H,11,12);1H. The number of carboxylic acids is 1. The summed E-state index contributed by atoms with van der Waals surface area (Å²) >= 11 is 0. The minimum atomic E-state index is -1.36. The van der Waals surface area contributed by atoms with E-state index in [4.69, 9.17) is 10.8 Å². The molecule has 0 radical (unpaired) electrons. The molecule has 0 saturated carbocycles. The van der Waals surface area contributed by atoms with Crippen molar-refractivity contribution in [3.8, 4) is 0 Å². The number of carboxylic acid groups (broad SMARTS) is 1. The maximum absolute atomic E-state index is 10.5. The van der Waals surface area contributed by atoms with Crippen molar-refractivity contribution in [2.45, 2.75) is 6.04 Å². The second kappa shape index (κ2) is 5.28. The van der Waals surface area contributed by atoms with E-state index in [0.29, 0.717) is 0 Å². The zero-order valence-corrected chi connectivity index (χ0v) is 8.31. The van der Waals surface area contributed by atoms with Gasteiger partial charge in [-0.25, -0.2) is 0 Å². The first kappa shape index (κ1) is 13.3. The molecule has 6 nitrogen and oxygen atoms in total. The number of hydrogen-bond acceptors (Lipinski definition) is 4. The van der Waals surface area contributed by atoms with Crippen molar-refractivity contribution in [1.29, 1.82) is 0 Å². The Balaban J connectivity index is 0.00000196. The molecule has 0 aliphatic heterocycles. The van der Waals surface area contributed by atoms with Gasteiger partial charge in [-0.05, 0) is 6.07 Å². The SMILES string of the molecule is Cl.NC(C(=O)O)c1ccccc1[N+](=O)[O-]. The molecule has 0 fully saturated rings. The van der Waals surface area contributed by atoms with Gasteiger partial charge in [0.25, 0.3) is 5.69 Å². The highest BCUT2D eigenvalue weighted by molar-refractivity contribution is 5.85. The summed E-state index contributed by atoms with van der Waals surface area (Å²) < 4.78 is 0. The van der Waals surface area contributed by atoms with Crippen molar-refractivity contribution in [1.82, 2.24) is 0 Å². The minimum absolute atomic E-state index is 0. The number of nitro benzene ring substituents is 1. The quantitative estimate of drug-likeness (QED) is 0.599. The van der Waals surface area contributed by atoms with E-state index in [2.05, 4.69) is 0 Å². The topological polar surface area (TPSA) is 106 Å². The number of benzene rings is 1. The Morgan fingerprint density at radius 3 is 2.47 bits per heavy atom. The minimum Gasteiger partial charge on any atom is -0.480 e. The highest BCUT2D eigenvalue weighted by Crippen LogP contribution is 2.22. The summed E-state index contributed by atoms with van der Waals surface area (Å²) in [6, 6.07) is 4.15. The van der Waals surface area contributed by atoms with Gasteiger partial charge in [-0.3, -0.25) is 14.9 Å². The summed E-state index contributed by atoms with van der Waals surface area (Å²) in [6.07, 6.45) is 0. The van der Waals surface area contributed by atoms with Crippen LogP contribution in [0.1, 0.15) is 11.6 Å². The third-order valence-electron chi connectivity index (χ3n) is 1.73. The maximum Gasteiger partial charge on any atom is 0.325 e. The van der Waals surface area contributed by atoms with Crippen molar-refractivity contribution in [3.63, 3.8) is 0 Å². The number of carbonyl (C=O) groups is 1. The summed E-state index contributed by atoms with van der Waals surface area (Å²) in [5.74, 6) is -1.29. The fourth-order valence-corrected chi connectivity index (χ4v) is 1.05.